The second kappa shape index (κ2) is 9.99. The third-order valence-electron chi connectivity index (χ3n) is 6.07. The molecule has 0 spiro atoms. The summed E-state index contributed by atoms with van der Waals surface area (Å²) in [5.74, 6) is 0.282. The quantitative estimate of drug-likeness (QED) is 0.380. The minimum atomic E-state index is -1.17. The highest BCUT2D eigenvalue weighted by atomic mass is 16.7. The Morgan fingerprint density at radius 3 is 2.60 bits per heavy atom. The number of hydrogen-bond acceptors (Lipinski definition) is 9. The Labute approximate surface area is 203 Å². The summed E-state index contributed by atoms with van der Waals surface area (Å²) in [5, 5.41) is 9.83. The molecule has 3 aromatic rings. The van der Waals surface area contributed by atoms with Crippen molar-refractivity contribution in [2.24, 2.45) is 0 Å². The third-order valence-corrected chi connectivity index (χ3v) is 6.07. The van der Waals surface area contributed by atoms with Gasteiger partial charge in [-0.15, -0.1) is 0 Å². The second-order valence-corrected chi connectivity index (χ2v) is 8.35. The van der Waals surface area contributed by atoms with E-state index in [0.29, 0.717) is 35.6 Å². The van der Waals surface area contributed by atoms with Crippen LogP contribution in [0.25, 0.3) is 11.0 Å². The van der Waals surface area contributed by atoms with Crippen LogP contribution in [0.1, 0.15) is 17.2 Å². The molecule has 0 aliphatic carbocycles. The predicted molar refractivity (Wildman–Crippen MR) is 129 cm³/mol. The maximum absolute atomic E-state index is 12.6. The maximum atomic E-state index is 12.6. The molecule has 0 N–H and O–H groups in total. The van der Waals surface area contributed by atoms with E-state index in [2.05, 4.69) is 33.5 Å². The molecular weight excluding hydrogens is 446 g/mol. The Morgan fingerprint density at radius 1 is 1.11 bits per heavy atom. The van der Waals surface area contributed by atoms with Crippen molar-refractivity contribution >= 4 is 22.8 Å². The number of ether oxygens (including phenoxy) is 3. The number of carbonyl (C=O) groups is 1. The van der Waals surface area contributed by atoms with Gasteiger partial charge in [0.15, 0.2) is 23.2 Å². The third kappa shape index (κ3) is 4.74. The highest BCUT2D eigenvalue weighted by Gasteiger charge is 2.31. The van der Waals surface area contributed by atoms with Crippen LogP contribution in [0.3, 0.4) is 0 Å². The van der Waals surface area contributed by atoms with E-state index in [-0.39, 0.29) is 13.4 Å². The molecule has 1 fully saturated rings. The van der Waals surface area contributed by atoms with Gasteiger partial charge in [-0.05, 0) is 29.8 Å². The Kier molecular flexibility index (Phi) is 6.46. The van der Waals surface area contributed by atoms with E-state index in [4.69, 9.17) is 19.2 Å². The van der Waals surface area contributed by atoms with Crippen LogP contribution in [0.2, 0.25) is 0 Å². The molecule has 1 saturated heterocycles. The van der Waals surface area contributed by atoms with E-state index in [9.17, 15) is 10.1 Å². The first kappa shape index (κ1) is 22.6. The molecule has 9 heteroatoms. The Hall–Kier alpha value is -4.16. The molecule has 1 aromatic heterocycles. The topological polar surface area (TPSA) is 101 Å². The van der Waals surface area contributed by atoms with Gasteiger partial charge in [0.2, 0.25) is 6.79 Å². The van der Waals surface area contributed by atoms with Gasteiger partial charge >= 0.3 is 5.97 Å². The molecule has 178 valence electrons. The summed E-state index contributed by atoms with van der Waals surface area (Å²) in [6.45, 7) is 7.60. The monoisotopic (exact) mass is 471 g/mol. The van der Waals surface area contributed by atoms with Gasteiger partial charge in [0.1, 0.15) is 12.3 Å². The van der Waals surface area contributed by atoms with Crippen molar-refractivity contribution < 1.29 is 19.0 Å². The number of fused-ring (bicyclic) bond motifs is 2. The minimum Gasteiger partial charge on any atom is -0.460 e. The van der Waals surface area contributed by atoms with Crippen molar-refractivity contribution in [3.8, 4) is 17.6 Å². The zero-order chi connectivity index (χ0) is 24.2. The van der Waals surface area contributed by atoms with Crippen molar-refractivity contribution in [1.82, 2.24) is 14.9 Å². The second-order valence-electron chi connectivity index (χ2n) is 8.35. The molecule has 0 amide bonds. The fraction of sp³-hybridized carbons (Fsp3) is 0.308. The molecule has 2 aliphatic heterocycles. The molecule has 1 atom stereocenters. The van der Waals surface area contributed by atoms with Crippen molar-refractivity contribution in [3.05, 3.63) is 66.4 Å². The van der Waals surface area contributed by atoms with E-state index >= 15 is 0 Å². The molecule has 0 unspecified atom stereocenters. The van der Waals surface area contributed by atoms with Gasteiger partial charge in [0.05, 0.1) is 17.1 Å². The molecule has 9 nitrogen and oxygen atoms in total. The van der Waals surface area contributed by atoms with E-state index in [1.54, 1.807) is 0 Å². The van der Waals surface area contributed by atoms with Crippen molar-refractivity contribution in [1.29, 1.82) is 5.26 Å². The summed E-state index contributed by atoms with van der Waals surface area (Å²) in [7, 11) is 0. The van der Waals surface area contributed by atoms with Gasteiger partial charge in [-0.2, -0.15) is 5.26 Å². The lowest BCUT2D eigenvalue weighted by Crippen LogP contribution is -2.46. The van der Waals surface area contributed by atoms with Crippen molar-refractivity contribution in [2.75, 3.05) is 44.5 Å². The number of piperazine rings is 1. The number of hydrogen-bond donors (Lipinski definition) is 0. The minimum absolute atomic E-state index is 0.0336. The van der Waals surface area contributed by atoms with Gasteiger partial charge in [-0.3, -0.25) is 9.69 Å². The first-order chi connectivity index (χ1) is 17.2. The van der Waals surface area contributed by atoms with Gasteiger partial charge in [-0.25, -0.2) is 9.97 Å². The number of benzene rings is 2. The maximum Gasteiger partial charge on any atom is 0.330 e. The molecule has 0 bridgehead atoms. The van der Waals surface area contributed by atoms with E-state index < -0.39 is 11.9 Å². The first-order valence-corrected chi connectivity index (χ1v) is 11.5. The normalized spacial score (nSPS) is 16.0. The van der Waals surface area contributed by atoms with Crippen LogP contribution in [-0.2, 0) is 16.1 Å². The lowest BCUT2D eigenvalue weighted by molar-refractivity contribution is -0.142. The Bertz CT molecular complexity index is 1300. The highest BCUT2D eigenvalue weighted by Crippen LogP contribution is 2.33. The molecule has 0 radical (unpaired) electrons. The van der Waals surface area contributed by atoms with E-state index in [1.165, 1.54) is 6.08 Å². The summed E-state index contributed by atoms with van der Waals surface area (Å²) in [6, 6.07) is 15.5. The number of aromatic nitrogens is 2. The van der Waals surface area contributed by atoms with Crippen LogP contribution < -0.4 is 14.4 Å². The van der Waals surface area contributed by atoms with Gasteiger partial charge in [-0.1, -0.05) is 30.9 Å². The highest BCUT2D eigenvalue weighted by molar-refractivity contribution is 5.85. The van der Waals surface area contributed by atoms with Crippen molar-refractivity contribution in [3.63, 3.8) is 0 Å². The number of esters is 1. The van der Waals surface area contributed by atoms with Crippen LogP contribution in [0.5, 0.6) is 11.5 Å². The molecule has 0 saturated carbocycles. The van der Waals surface area contributed by atoms with Gasteiger partial charge in [0, 0.05) is 32.7 Å². The fourth-order valence-corrected chi connectivity index (χ4v) is 4.30. The van der Waals surface area contributed by atoms with E-state index in [0.717, 1.165) is 36.7 Å². The summed E-state index contributed by atoms with van der Waals surface area (Å²) >= 11 is 0. The number of para-hydroxylation sites is 2. The summed E-state index contributed by atoms with van der Waals surface area (Å²) in [4.78, 5) is 26.6. The summed E-state index contributed by atoms with van der Waals surface area (Å²) in [5.41, 5.74) is 2.82. The van der Waals surface area contributed by atoms with Crippen LogP contribution in [0, 0.1) is 11.3 Å². The molecule has 5 rings (SSSR count). The van der Waals surface area contributed by atoms with E-state index in [1.807, 2.05) is 36.4 Å². The van der Waals surface area contributed by atoms with Crippen LogP contribution >= 0.6 is 0 Å². The summed E-state index contributed by atoms with van der Waals surface area (Å²) in [6.07, 6.45) is 1.47. The predicted octanol–water partition coefficient (Wildman–Crippen LogP) is 3.02. The number of nitriles is 1. The lowest BCUT2D eigenvalue weighted by Gasteiger charge is -2.36. The molecule has 3 heterocycles. The largest absolute Gasteiger partial charge is 0.460 e. The average Bonchev–Trinajstić information content (AvgIpc) is 3.36. The number of rotatable bonds is 7. The fourth-order valence-electron chi connectivity index (χ4n) is 4.30. The Morgan fingerprint density at radius 2 is 1.86 bits per heavy atom. The van der Waals surface area contributed by atoms with Crippen LogP contribution in [0.4, 0.5) is 5.82 Å². The molecule has 35 heavy (non-hydrogen) atoms. The summed E-state index contributed by atoms with van der Waals surface area (Å²) < 4.78 is 16.1. The smallest absolute Gasteiger partial charge is 0.330 e. The molecule has 2 aliphatic rings. The SMILES string of the molecule is C=CCOC(=O)[C@@H](C#N)c1nc2ccccc2nc1N1CCN(Cc2ccc3c(c2)OCO3)CC1. The molecular formula is C26H25N5O4. The van der Waals surface area contributed by atoms with Gasteiger partial charge < -0.3 is 19.1 Å². The zero-order valence-corrected chi connectivity index (χ0v) is 19.2. The van der Waals surface area contributed by atoms with Crippen molar-refractivity contribution in [2.45, 2.75) is 12.5 Å². The number of nitrogens with zero attached hydrogens (tertiary/aromatic N) is 5. The molecule has 2 aromatic carbocycles. The number of carbonyl (C=O) groups excluding carboxylic acids is 1. The zero-order valence-electron chi connectivity index (χ0n) is 19.2. The lowest BCUT2D eigenvalue weighted by atomic mass is 10.1. The Balaban J connectivity index is 1.36. The van der Waals surface area contributed by atoms with Crippen LogP contribution in [0.15, 0.2) is 55.1 Å². The standard InChI is InChI=1S/C26H25N5O4/c1-2-13-33-26(32)19(15-27)24-25(29-21-6-4-3-5-20(21)28-24)31-11-9-30(10-12-31)16-18-7-8-22-23(14-18)35-17-34-22/h2-8,14,19H,1,9-13,16-17H2/t19-/m0/s1. The number of anilines is 1. The van der Waals surface area contributed by atoms with Gasteiger partial charge in [0.25, 0.3) is 0 Å². The average molecular weight is 472 g/mol. The first-order valence-electron chi connectivity index (χ1n) is 11.5. The van der Waals surface area contributed by atoms with Crippen LogP contribution in [-0.4, -0.2) is 60.4 Å².